The molecule has 19 heavy (non-hydrogen) atoms. The third-order valence-corrected chi connectivity index (χ3v) is 3.14. The zero-order chi connectivity index (χ0) is 14.6. The molecule has 0 aromatic heterocycles. The van der Waals surface area contributed by atoms with Crippen molar-refractivity contribution in [3.63, 3.8) is 0 Å². The quantitative estimate of drug-likeness (QED) is 0.607. The Hall–Kier alpha value is -1.63. The number of carbonyl (C=O) groups excluding carboxylic acids is 2. The average molecular weight is 272 g/mol. The number of aliphatic hydroxyl groups is 1. The van der Waals surface area contributed by atoms with E-state index in [-0.39, 0.29) is 11.8 Å². The molecule has 0 saturated carbocycles. The highest BCUT2D eigenvalue weighted by atomic mass is 16.4. The van der Waals surface area contributed by atoms with Crippen molar-refractivity contribution in [3.05, 3.63) is 0 Å². The first-order valence-electron chi connectivity index (χ1n) is 6.33. The molecule has 1 fully saturated rings. The number of carboxylic acid groups (broad SMARTS) is 1. The van der Waals surface area contributed by atoms with Gasteiger partial charge in [-0.3, -0.25) is 9.59 Å². The first-order chi connectivity index (χ1) is 8.88. The summed E-state index contributed by atoms with van der Waals surface area (Å²) in [5.74, 6) is -2.26. The number of hydrogen-bond acceptors (Lipinski definition) is 4. The summed E-state index contributed by atoms with van der Waals surface area (Å²) in [6, 6.07) is -1.94. The van der Waals surface area contributed by atoms with Gasteiger partial charge in [-0.15, -0.1) is 0 Å². The standard InChI is InChI=1S/C12H20N2O5/c1-7(2)10(16)13-8(6-15)11(17)14-5-3-4-9(14)12(18)19/h7-9,15H,3-6H2,1-2H3,(H,13,16)(H,18,19)/t8-,9-/m0/s1. The number of rotatable bonds is 5. The molecule has 108 valence electrons. The zero-order valence-corrected chi connectivity index (χ0v) is 11.1. The molecule has 7 nitrogen and oxygen atoms in total. The van der Waals surface area contributed by atoms with Crippen molar-refractivity contribution in [1.82, 2.24) is 10.2 Å². The van der Waals surface area contributed by atoms with Gasteiger partial charge in [0, 0.05) is 12.5 Å². The summed E-state index contributed by atoms with van der Waals surface area (Å²) >= 11 is 0. The molecule has 0 aromatic carbocycles. The maximum atomic E-state index is 12.1. The number of likely N-dealkylation sites (tertiary alicyclic amines) is 1. The maximum Gasteiger partial charge on any atom is 0.326 e. The van der Waals surface area contributed by atoms with Crippen LogP contribution in [0.15, 0.2) is 0 Å². The van der Waals surface area contributed by atoms with E-state index in [4.69, 9.17) is 5.11 Å². The molecule has 3 N–H and O–H groups in total. The summed E-state index contributed by atoms with van der Waals surface area (Å²) in [7, 11) is 0. The van der Waals surface area contributed by atoms with E-state index in [0.29, 0.717) is 19.4 Å². The molecule has 1 aliphatic rings. The van der Waals surface area contributed by atoms with Crippen molar-refractivity contribution in [3.8, 4) is 0 Å². The van der Waals surface area contributed by atoms with E-state index in [0.717, 1.165) is 0 Å². The summed E-state index contributed by atoms with van der Waals surface area (Å²) in [5, 5.41) is 20.6. The minimum absolute atomic E-state index is 0.310. The minimum Gasteiger partial charge on any atom is -0.480 e. The van der Waals surface area contributed by atoms with Crippen molar-refractivity contribution in [1.29, 1.82) is 0 Å². The molecular formula is C12H20N2O5. The summed E-state index contributed by atoms with van der Waals surface area (Å²) in [4.78, 5) is 35.9. The lowest BCUT2D eigenvalue weighted by molar-refractivity contribution is -0.150. The fourth-order valence-corrected chi connectivity index (χ4v) is 2.01. The van der Waals surface area contributed by atoms with Gasteiger partial charge >= 0.3 is 5.97 Å². The Bertz CT molecular complexity index is 369. The van der Waals surface area contributed by atoms with Crippen molar-refractivity contribution in [2.75, 3.05) is 13.2 Å². The lowest BCUT2D eigenvalue weighted by Gasteiger charge is -2.26. The molecule has 0 unspecified atom stereocenters. The lowest BCUT2D eigenvalue weighted by Crippen LogP contribution is -2.53. The van der Waals surface area contributed by atoms with Crippen molar-refractivity contribution >= 4 is 17.8 Å². The molecule has 1 heterocycles. The van der Waals surface area contributed by atoms with Gasteiger partial charge in [-0.25, -0.2) is 4.79 Å². The third-order valence-electron chi connectivity index (χ3n) is 3.14. The summed E-state index contributed by atoms with van der Waals surface area (Å²) in [6.45, 7) is 3.14. The number of nitrogens with zero attached hydrogens (tertiary/aromatic N) is 1. The van der Waals surface area contributed by atoms with E-state index in [1.165, 1.54) is 4.90 Å². The Balaban J connectivity index is 2.73. The van der Waals surface area contributed by atoms with Gasteiger partial charge in [0.15, 0.2) is 0 Å². The molecule has 7 heteroatoms. The molecule has 2 amide bonds. The lowest BCUT2D eigenvalue weighted by atomic mass is 10.1. The molecular weight excluding hydrogens is 252 g/mol. The second-order valence-corrected chi connectivity index (χ2v) is 4.93. The molecule has 0 aromatic rings. The van der Waals surface area contributed by atoms with Crippen LogP contribution < -0.4 is 5.32 Å². The van der Waals surface area contributed by atoms with Crippen molar-refractivity contribution in [2.24, 2.45) is 5.92 Å². The number of hydrogen-bond donors (Lipinski definition) is 3. The van der Waals surface area contributed by atoms with E-state index in [1.54, 1.807) is 13.8 Å². The van der Waals surface area contributed by atoms with Crippen LogP contribution in [-0.4, -0.2) is 58.1 Å². The van der Waals surface area contributed by atoms with E-state index in [2.05, 4.69) is 5.32 Å². The van der Waals surface area contributed by atoms with E-state index in [1.807, 2.05) is 0 Å². The molecule has 1 rings (SSSR count). The first-order valence-corrected chi connectivity index (χ1v) is 6.33. The van der Waals surface area contributed by atoms with Gasteiger partial charge < -0.3 is 20.4 Å². The Morgan fingerprint density at radius 2 is 2.00 bits per heavy atom. The monoisotopic (exact) mass is 272 g/mol. The van der Waals surface area contributed by atoms with E-state index >= 15 is 0 Å². The largest absolute Gasteiger partial charge is 0.480 e. The molecule has 0 bridgehead atoms. The minimum atomic E-state index is -1.07. The molecule has 0 aliphatic carbocycles. The van der Waals surface area contributed by atoms with Crippen molar-refractivity contribution < 1.29 is 24.6 Å². The van der Waals surface area contributed by atoms with Crippen molar-refractivity contribution in [2.45, 2.75) is 38.8 Å². The van der Waals surface area contributed by atoms with Gasteiger partial charge in [-0.05, 0) is 12.8 Å². The van der Waals surface area contributed by atoms with Gasteiger partial charge in [0.1, 0.15) is 12.1 Å². The van der Waals surface area contributed by atoms with Crippen LogP contribution in [-0.2, 0) is 14.4 Å². The zero-order valence-electron chi connectivity index (χ0n) is 11.1. The number of nitrogens with one attached hydrogen (secondary N) is 1. The predicted molar refractivity (Wildman–Crippen MR) is 66.2 cm³/mol. The molecule has 1 saturated heterocycles. The molecule has 0 spiro atoms. The average Bonchev–Trinajstić information content (AvgIpc) is 2.83. The second-order valence-electron chi connectivity index (χ2n) is 4.93. The first kappa shape index (κ1) is 15.4. The Morgan fingerprint density at radius 1 is 1.37 bits per heavy atom. The van der Waals surface area contributed by atoms with Crippen LogP contribution in [0.3, 0.4) is 0 Å². The second kappa shape index (κ2) is 6.51. The van der Waals surface area contributed by atoms with Crippen LogP contribution in [0.5, 0.6) is 0 Å². The van der Waals surface area contributed by atoms with Gasteiger partial charge in [-0.2, -0.15) is 0 Å². The van der Waals surface area contributed by atoms with E-state index < -0.39 is 30.6 Å². The highest BCUT2D eigenvalue weighted by Crippen LogP contribution is 2.18. The van der Waals surface area contributed by atoms with Gasteiger partial charge in [0.2, 0.25) is 11.8 Å². The fourth-order valence-electron chi connectivity index (χ4n) is 2.01. The highest BCUT2D eigenvalue weighted by Gasteiger charge is 2.37. The van der Waals surface area contributed by atoms with E-state index in [9.17, 15) is 19.5 Å². The predicted octanol–water partition coefficient (Wildman–Crippen LogP) is -0.805. The van der Waals surface area contributed by atoms with Crippen LogP contribution in [0.4, 0.5) is 0 Å². The third kappa shape index (κ3) is 3.66. The molecule has 0 radical (unpaired) electrons. The smallest absolute Gasteiger partial charge is 0.326 e. The number of carbonyl (C=O) groups is 3. The topological polar surface area (TPSA) is 107 Å². The van der Waals surface area contributed by atoms with Crippen LogP contribution in [0.2, 0.25) is 0 Å². The SMILES string of the molecule is CC(C)C(=O)N[C@@H](CO)C(=O)N1CCC[C@H]1C(=O)O. The molecule has 1 aliphatic heterocycles. The highest BCUT2D eigenvalue weighted by molar-refractivity contribution is 5.91. The van der Waals surface area contributed by atoms with Crippen LogP contribution in [0, 0.1) is 5.92 Å². The Kier molecular flexibility index (Phi) is 5.29. The summed E-state index contributed by atoms with van der Waals surface area (Å²) in [6.07, 6.45) is 1.01. The number of carboxylic acids is 1. The normalized spacial score (nSPS) is 20.4. The number of amides is 2. The maximum absolute atomic E-state index is 12.1. The van der Waals surface area contributed by atoms with Crippen LogP contribution in [0.1, 0.15) is 26.7 Å². The summed E-state index contributed by atoms with van der Waals surface area (Å²) in [5.41, 5.74) is 0. The fraction of sp³-hybridized carbons (Fsp3) is 0.750. The van der Waals surface area contributed by atoms with Gasteiger partial charge in [0.05, 0.1) is 6.61 Å². The summed E-state index contributed by atoms with van der Waals surface area (Å²) < 4.78 is 0. The van der Waals surface area contributed by atoms with Gasteiger partial charge in [-0.1, -0.05) is 13.8 Å². The number of aliphatic carboxylic acids is 1. The Morgan fingerprint density at radius 3 is 2.47 bits per heavy atom. The number of aliphatic hydroxyl groups excluding tert-OH is 1. The Labute approximate surface area is 111 Å². The van der Waals surface area contributed by atoms with Crippen LogP contribution in [0.25, 0.3) is 0 Å². The van der Waals surface area contributed by atoms with Gasteiger partial charge in [0.25, 0.3) is 0 Å². The van der Waals surface area contributed by atoms with Crippen LogP contribution >= 0.6 is 0 Å². The molecule has 2 atom stereocenters.